The fourth-order valence-electron chi connectivity index (χ4n) is 1.07. The van der Waals surface area contributed by atoms with Gasteiger partial charge in [0, 0.05) is 18.5 Å². The molecule has 0 radical (unpaired) electrons. The molecule has 0 aliphatic carbocycles. The normalized spacial score (nSPS) is 12.9. The summed E-state index contributed by atoms with van der Waals surface area (Å²) in [6.45, 7) is 4.01. The van der Waals surface area contributed by atoms with Crippen LogP contribution in [0.5, 0.6) is 0 Å². The Morgan fingerprint density at radius 2 is 2.12 bits per heavy atom. The smallest absolute Gasteiger partial charge is 0.134 e. The van der Waals surface area contributed by atoms with Gasteiger partial charge in [0.2, 0.25) is 0 Å². The molecule has 0 amide bonds. The second-order valence-corrected chi connectivity index (χ2v) is 4.62. The first-order valence-corrected chi connectivity index (χ1v) is 5.89. The van der Waals surface area contributed by atoms with Crippen molar-refractivity contribution in [2.24, 2.45) is 0 Å². The van der Waals surface area contributed by atoms with E-state index in [-0.39, 0.29) is 19.1 Å². The van der Waals surface area contributed by atoms with Gasteiger partial charge in [-0.2, -0.15) is 0 Å². The summed E-state index contributed by atoms with van der Waals surface area (Å²) < 4.78 is 0.701. The Labute approximate surface area is 103 Å². The van der Waals surface area contributed by atoms with Crippen molar-refractivity contribution in [1.82, 2.24) is 9.97 Å². The van der Waals surface area contributed by atoms with Gasteiger partial charge in [0.15, 0.2) is 0 Å². The zero-order valence-corrected chi connectivity index (χ0v) is 10.9. The highest BCUT2D eigenvalue weighted by Gasteiger charge is 2.08. The average molecular weight is 290 g/mol. The third kappa shape index (κ3) is 4.03. The van der Waals surface area contributed by atoms with Crippen LogP contribution in [0.25, 0.3) is 0 Å². The van der Waals surface area contributed by atoms with E-state index < -0.39 is 6.10 Å². The molecule has 1 aromatic rings. The summed E-state index contributed by atoms with van der Waals surface area (Å²) >= 11 is 3.30. The molecule has 1 aromatic heterocycles. The van der Waals surface area contributed by atoms with Crippen molar-refractivity contribution in [3.63, 3.8) is 0 Å². The Kier molecular flexibility index (Phi) is 5.11. The van der Waals surface area contributed by atoms with Crippen molar-refractivity contribution in [2.45, 2.75) is 25.9 Å². The summed E-state index contributed by atoms with van der Waals surface area (Å²) in [6, 6.07) is 1.73. The summed E-state index contributed by atoms with van der Waals surface area (Å²) in [5.41, 5.74) is 0. The molecular weight excluding hydrogens is 274 g/mol. The van der Waals surface area contributed by atoms with E-state index in [0.717, 1.165) is 5.82 Å². The third-order valence-corrected chi connectivity index (χ3v) is 2.36. The van der Waals surface area contributed by atoms with E-state index in [1.165, 1.54) is 0 Å². The number of aliphatic hydroxyl groups is 2. The molecule has 1 atom stereocenters. The first-order valence-electron chi connectivity index (χ1n) is 5.10. The first kappa shape index (κ1) is 13.3. The molecule has 0 saturated carbocycles. The van der Waals surface area contributed by atoms with Gasteiger partial charge in [-0.05, 0) is 15.9 Å². The summed E-state index contributed by atoms with van der Waals surface area (Å²) in [6.07, 6.45) is -0.781. The number of halogens is 1. The molecule has 0 aromatic carbocycles. The van der Waals surface area contributed by atoms with E-state index in [1.807, 2.05) is 13.8 Å². The van der Waals surface area contributed by atoms with Crippen LogP contribution in [0.4, 0.5) is 5.82 Å². The van der Waals surface area contributed by atoms with Crippen LogP contribution in [0.15, 0.2) is 10.7 Å². The van der Waals surface area contributed by atoms with E-state index in [9.17, 15) is 5.11 Å². The van der Waals surface area contributed by atoms with Crippen molar-refractivity contribution in [2.75, 3.05) is 18.5 Å². The van der Waals surface area contributed by atoms with Gasteiger partial charge in [-0.25, -0.2) is 9.97 Å². The first-order chi connectivity index (χ1) is 7.52. The minimum atomic E-state index is -0.781. The van der Waals surface area contributed by atoms with Crippen LogP contribution in [0.1, 0.15) is 25.6 Å². The highest BCUT2D eigenvalue weighted by atomic mass is 79.9. The Morgan fingerprint density at radius 1 is 1.44 bits per heavy atom. The van der Waals surface area contributed by atoms with Gasteiger partial charge in [-0.3, -0.25) is 0 Å². The Balaban J connectivity index is 2.72. The summed E-state index contributed by atoms with van der Waals surface area (Å²) in [5, 5.41) is 20.8. The molecule has 0 spiro atoms. The molecule has 1 heterocycles. The number of nitrogens with one attached hydrogen (secondary N) is 1. The summed E-state index contributed by atoms with van der Waals surface area (Å²) in [7, 11) is 0. The molecule has 1 unspecified atom stereocenters. The average Bonchev–Trinajstić information content (AvgIpc) is 2.25. The van der Waals surface area contributed by atoms with Crippen molar-refractivity contribution >= 4 is 21.7 Å². The lowest BCUT2D eigenvalue weighted by atomic mass is 10.2. The summed E-state index contributed by atoms with van der Waals surface area (Å²) in [4.78, 5) is 8.53. The van der Waals surface area contributed by atoms with Crippen molar-refractivity contribution in [1.29, 1.82) is 0 Å². The molecule has 90 valence electrons. The van der Waals surface area contributed by atoms with Gasteiger partial charge >= 0.3 is 0 Å². The lowest BCUT2D eigenvalue weighted by Gasteiger charge is -2.11. The molecule has 0 fully saturated rings. The Morgan fingerprint density at radius 3 is 2.69 bits per heavy atom. The maximum atomic E-state index is 9.20. The zero-order valence-electron chi connectivity index (χ0n) is 9.31. The van der Waals surface area contributed by atoms with Crippen LogP contribution in [-0.4, -0.2) is 39.4 Å². The molecule has 0 bridgehead atoms. The van der Waals surface area contributed by atoms with Crippen LogP contribution in [0, 0.1) is 0 Å². The molecule has 0 aliphatic heterocycles. The zero-order chi connectivity index (χ0) is 12.1. The van der Waals surface area contributed by atoms with E-state index in [1.54, 1.807) is 6.07 Å². The molecule has 3 N–H and O–H groups in total. The monoisotopic (exact) mass is 289 g/mol. The number of rotatable bonds is 5. The maximum Gasteiger partial charge on any atom is 0.134 e. The van der Waals surface area contributed by atoms with Crippen molar-refractivity contribution in [3.05, 3.63) is 16.5 Å². The number of hydrogen-bond donors (Lipinski definition) is 3. The fraction of sp³-hybridized carbons (Fsp3) is 0.600. The highest BCUT2D eigenvalue weighted by molar-refractivity contribution is 9.10. The second-order valence-electron chi connectivity index (χ2n) is 3.81. The quantitative estimate of drug-likeness (QED) is 0.708. The lowest BCUT2D eigenvalue weighted by Crippen LogP contribution is -2.23. The van der Waals surface area contributed by atoms with E-state index >= 15 is 0 Å². The van der Waals surface area contributed by atoms with Gasteiger partial charge in [-0.1, -0.05) is 13.8 Å². The van der Waals surface area contributed by atoms with Gasteiger partial charge in [0.25, 0.3) is 0 Å². The molecule has 1 rings (SSSR count). The Bertz CT molecular complexity index is 347. The lowest BCUT2D eigenvalue weighted by molar-refractivity contribution is 0.105. The van der Waals surface area contributed by atoms with Crippen LogP contribution in [0.2, 0.25) is 0 Å². The maximum absolute atomic E-state index is 9.20. The van der Waals surface area contributed by atoms with Crippen LogP contribution < -0.4 is 5.32 Å². The minimum Gasteiger partial charge on any atom is -0.394 e. The number of aromatic nitrogens is 2. The topological polar surface area (TPSA) is 78.3 Å². The van der Waals surface area contributed by atoms with Crippen LogP contribution in [0.3, 0.4) is 0 Å². The predicted molar refractivity (Wildman–Crippen MR) is 65.4 cm³/mol. The number of aliphatic hydroxyl groups excluding tert-OH is 2. The molecular formula is C10H16BrN3O2. The second kappa shape index (κ2) is 6.12. The van der Waals surface area contributed by atoms with Crippen LogP contribution in [-0.2, 0) is 0 Å². The van der Waals surface area contributed by atoms with Gasteiger partial charge in [-0.15, -0.1) is 0 Å². The molecule has 0 aliphatic rings. The highest BCUT2D eigenvalue weighted by Crippen LogP contribution is 2.17. The molecule has 6 heteroatoms. The number of anilines is 1. The Hall–Kier alpha value is -0.720. The molecule has 5 nitrogen and oxygen atoms in total. The van der Waals surface area contributed by atoms with Crippen molar-refractivity contribution < 1.29 is 10.2 Å². The van der Waals surface area contributed by atoms with Gasteiger partial charge in [0.1, 0.15) is 16.2 Å². The predicted octanol–water partition coefficient (Wildman–Crippen LogP) is 1.13. The van der Waals surface area contributed by atoms with Crippen molar-refractivity contribution in [3.8, 4) is 0 Å². The summed E-state index contributed by atoms with van der Waals surface area (Å²) in [5.74, 6) is 1.61. The number of hydrogen-bond acceptors (Lipinski definition) is 5. The fourth-order valence-corrected chi connectivity index (χ4v) is 1.47. The van der Waals surface area contributed by atoms with E-state index in [0.29, 0.717) is 10.4 Å². The van der Waals surface area contributed by atoms with Crippen LogP contribution >= 0.6 is 15.9 Å². The molecule has 0 saturated heterocycles. The largest absolute Gasteiger partial charge is 0.394 e. The minimum absolute atomic E-state index is 0.237. The van der Waals surface area contributed by atoms with E-state index in [2.05, 4.69) is 31.2 Å². The van der Waals surface area contributed by atoms with E-state index in [4.69, 9.17) is 5.11 Å². The third-order valence-electron chi connectivity index (χ3n) is 1.96. The standard InChI is InChI=1S/C10H16BrN3O2/c1-6(2)10-13-8(11)3-9(14-10)12-4-7(16)5-15/h3,6-7,15-16H,4-5H2,1-2H3,(H,12,13,14). The SMILES string of the molecule is CC(C)c1nc(Br)cc(NCC(O)CO)n1. The van der Waals surface area contributed by atoms with Gasteiger partial charge < -0.3 is 15.5 Å². The molecule has 16 heavy (non-hydrogen) atoms. The number of nitrogens with zero attached hydrogens (tertiary/aromatic N) is 2. The van der Waals surface area contributed by atoms with Gasteiger partial charge in [0.05, 0.1) is 12.7 Å².